The highest BCUT2D eigenvalue weighted by molar-refractivity contribution is 4.64. The summed E-state index contributed by atoms with van der Waals surface area (Å²) in [6.45, 7) is 8.96. The van der Waals surface area contributed by atoms with E-state index in [0.29, 0.717) is 6.61 Å². The van der Waals surface area contributed by atoms with Crippen LogP contribution >= 0.6 is 0 Å². The maximum atomic E-state index is 5.77. The van der Waals surface area contributed by atoms with Gasteiger partial charge in [0.2, 0.25) is 0 Å². The maximum Gasteiger partial charge on any atom is 0.0624 e. The van der Waals surface area contributed by atoms with Gasteiger partial charge in [-0.3, -0.25) is 0 Å². The zero-order valence-electron chi connectivity index (χ0n) is 8.18. The van der Waals surface area contributed by atoms with Gasteiger partial charge in [-0.05, 0) is 27.2 Å². The van der Waals surface area contributed by atoms with E-state index in [1.54, 1.807) is 0 Å². The van der Waals surface area contributed by atoms with Crippen LogP contribution in [0.1, 0.15) is 40.5 Å². The summed E-state index contributed by atoms with van der Waals surface area (Å²) < 4.78 is 5.52. The highest BCUT2D eigenvalue weighted by Crippen LogP contribution is 2.07. The largest absolute Gasteiger partial charge is 0.374 e. The fraction of sp³-hybridized carbons (Fsp3) is 1.00. The van der Waals surface area contributed by atoms with Crippen LogP contribution in [0.4, 0.5) is 0 Å². The van der Waals surface area contributed by atoms with Crippen LogP contribution < -0.4 is 5.73 Å². The number of rotatable bonds is 4. The van der Waals surface area contributed by atoms with Crippen LogP contribution in [0.2, 0.25) is 0 Å². The topological polar surface area (TPSA) is 35.2 Å². The molecule has 0 amide bonds. The Balaban J connectivity index is 3.38. The summed E-state index contributed by atoms with van der Waals surface area (Å²) in [4.78, 5) is 0. The lowest BCUT2D eigenvalue weighted by molar-refractivity contribution is -0.0108. The van der Waals surface area contributed by atoms with E-state index in [9.17, 15) is 0 Å². The van der Waals surface area contributed by atoms with Gasteiger partial charge in [0.25, 0.3) is 0 Å². The van der Waals surface area contributed by atoms with Crippen molar-refractivity contribution in [3.8, 4) is 0 Å². The fourth-order valence-electron chi connectivity index (χ4n) is 0.811. The summed E-state index contributed by atoms with van der Waals surface area (Å²) in [5.74, 6) is 0. The van der Waals surface area contributed by atoms with Gasteiger partial charge in [0.15, 0.2) is 0 Å². The lowest BCUT2D eigenvalue weighted by Gasteiger charge is -2.22. The molecule has 0 rings (SSSR count). The summed E-state index contributed by atoms with van der Waals surface area (Å²) >= 11 is 0. The molecule has 0 unspecified atom stereocenters. The summed E-state index contributed by atoms with van der Waals surface area (Å²) in [6.07, 6.45) is 2.19. The lowest BCUT2D eigenvalue weighted by Crippen LogP contribution is -2.31. The summed E-state index contributed by atoms with van der Waals surface area (Å²) in [5, 5.41) is 0. The quantitative estimate of drug-likeness (QED) is 0.680. The van der Waals surface area contributed by atoms with E-state index in [1.807, 2.05) is 20.8 Å². The number of hydrogen-bond donors (Lipinski definition) is 1. The molecule has 11 heavy (non-hydrogen) atoms. The highest BCUT2D eigenvalue weighted by atomic mass is 16.5. The summed E-state index contributed by atoms with van der Waals surface area (Å²) in [7, 11) is 0. The number of hydrogen-bond acceptors (Lipinski definition) is 2. The van der Waals surface area contributed by atoms with E-state index in [4.69, 9.17) is 10.5 Å². The molecular formula is C9H21NO. The Morgan fingerprint density at radius 2 is 1.91 bits per heavy atom. The molecule has 0 spiro atoms. The normalized spacial score (nSPS) is 15.0. The van der Waals surface area contributed by atoms with Gasteiger partial charge in [0.05, 0.1) is 12.2 Å². The molecule has 0 heterocycles. The Labute approximate surface area is 70.1 Å². The fourth-order valence-corrected chi connectivity index (χ4v) is 0.811. The van der Waals surface area contributed by atoms with E-state index >= 15 is 0 Å². The van der Waals surface area contributed by atoms with Crippen molar-refractivity contribution in [1.82, 2.24) is 0 Å². The third-order valence-corrected chi connectivity index (χ3v) is 1.39. The first kappa shape index (κ1) is 10.9. The van der Waals surface area contributed by atoms with E-state index < -0.39 is 0 Å². The Morgan fingerprint density at radius 1 is 1.36 bits per heavy atom. The Bertz CT molecular complexity index is 96.2. The Hall–Kier alpha value is -0.0800. The van der Waals surface area contributed by atoms with Crippen LogP contribution in [-0.2, 0) is 4.74 Å². The SMILES string of the molecule is CCC[C@@H](N)COC(C)(C)C. The van der Waals surface area contributed by atoms with Crippen molar-refractivity contribution >= 4 is 0 Å². The first-order valence-corrected chi connectivity index (χ1v) is 4.35. The molecule has 2 N–H and O–H groups in total. The van der Waals surface area contributed by atoms with E-state index in [1.165, 1.54) is 0 Å². The zero-order chi connectivity index (χ0) is 8.91. The van der Waals surface area contributed by atoms with Crippen molar-refractivity contribution in [2.75, 3.05) is 6.61 Å². The van der Waals surface area contributed by atoms with Gasteiger partial charge >= 0.3 is 0 Å². The van der Waals surface area contributed by atoms with Crippen molar-refractivity contribution < 1.29 is 4.74 Å². The highest BCUT2D eigenvalue weighted by Gasteiger charge is 2.11. The van der Waals surface area contributed by atoms with Crippen LogP contribution in [-0.4, -0.2) is 18.2 Å². The maximum absolute atomic E-state index is 5.77. The van der Waals surface area contributed by atoms with Gasteiger partial charge in [-0.25, -0.2) is 0 Å². The first-order chi connectivity index (χ1) is 4.95. The lowest BCUT2D eigenvalue weighted by atomic mass is 10.1. The van der Waals surface area contributed by atoms with Crippen molar-refractivity contribution in [1.29, 1.82) is 0 Å². The first-order valence-electron chi connectivity index (χ1n) is 4.35. The van der Waals surface area contributed by atoms with Gasteiger partial charge in [-0.2, -0.15) is 0 Å². The molecule has 0 saturated carbocycles. The molecule has 0 aromatic rings. The predicted octanol–water partition coefficient (Wildman–Crippen LogP) is 1.93. The van der Waals surface area contributed by atoms with Crippen LogP contribution in [0, 0.1) is 0 Å². The minimum absolute atomic E-state index is 0.0502. The molecule has 0 aromatic carbocycles. The summed E-state index contributed by atoms with van der Waals surface area (Å²) in [6, 6.07) is 0.208. The molecular weight excluding hydrogens is 138 g/mol. The second-order valence-electron chi connectivity index (χ2n) is 3.97. The smallest absolute Gasteiger partial charge is 0.0624 e. The molecule has 0 aliphatic rings. The van der Waals surface area contributed by atoms with E-state index in [2.05, 4.69) is 6.92 Å². The minimum Gasteiger partial charge on any atom is -0.374 e. The second-order valence-corrected chi connectivity index (χ2v) is 3.97. The Kier molecular flexibility index (Phi) is 4.69. The molecule has 0 fully saturated rings. The van der Waals surface area contributed by atoms with Gasteiger partial charge in [-0.1, -0.05) is 13.3 Å². The third-order valence-electron chi connectivity index (χ3n) is 1.39. The molecule has 0 aliphatic carbocycles. The predicted molar refractivity (Wildman–Crippen MR) is 48.6 cm³/mol. The van der Waals surface area contributed by atoms with Crippen molar-refractivity contribution in [2.24, 2.45) is 5.73 Å². The zero-order valence-corrected chi connectivity index (χ0v) is 8.18. The van der Waals surface area contributed by atoms with Crippen LogP contribution in [0.25, 0.3) is 0 Å². The van der Waals surface area contributed by atoms with Crippen molar-refractivity contribution in [2.45, 2.75) is 52.2 Å². The molecule has 68 valence electrons. The monoisotopic (exact) mass is 159 g/mol. The van der Waals surface area contributed by atoms with Gasteiger partial charge in [-0.15, -0.1) is 0 Å². The molecule has 2 nitrogen and oxygen atoms in total. The second kappa shape index (κ2) is 4.73. The molecule has 0 saturated heterocycles. The van der Waals surface area contributed by atoms with Crippen molar-refractivity contribution in [3.05, 3.63) is 0 Å². The minimum atomic E-state index is -0.0502. The van der Waals surface area contributed by atoms with Gasteiger partial charge < -0.3 is 10.5 Å². The molecule has 1 atom stereocenters. The van der Waals surface area contributed by atoms with Gasteiger partial charge in [0.1, 0.15) is 0 Å². The molecule has 0 radical (unpaired) electrons. The Morgan fingerprint density at radius 3 is 2.27 bits per heavy atom. The molecule has 0 aromatic heterocycles. The van der Waals surface area contributed by atoms with Crippen molar-refractivity contribution in [3.63, 3.8) is 0 Å². The molecule has 2 heteroatoms. The number of nitrogens with two attached hydrogens (primary N) is 1. The van der Waals surface area contributed by atoms with E-state index in [0.717, 1.165) is 12.8 Å². The number of ether oxygens (including phenoxy) is 1. The third kappa shape index (κ3) is 7.82. The van der Waals surface area contributed by atoms with E-state index in [-0.39, 0.29) is 11.6 Å². The molecule has 0 aliphatic heterocycles. The van der Waals surface area contributed by atoms with Gasteiger partial charge in [0, 0.05) is 6.04 Å². The average Bonchev–Trinajstić information content (AvgIpc) is 1.83. The standard InChI is InChI=1S/C9H21NO/c1-5-6-8(10)7-11-9(2,3)4/h8H,5-7,10H2,1-4H3/t8-/m1/s1. The average molecular weight is 159 g/mol. The van der Waals surface area contributed by atoms with Crippen LogP contribution in [0.15, 0.2) is 0 Å². The molecule has 0 bridgehead atoms. The van der Waals surface area contributed by atoms with Crippen LogP contribution in [0.5, 0.6) is 0 Å². The summed E-state index contributed by atoms with van der Waals surface area (Å²) in [5.41, 5.74) is 5.72. The van der Waals surface area contributed by atoms with Crippen LogP contribution in [0.3, 0.4) is 0 Å².